The highest BCUT2D eigenvalue weighted by atomic mass is 15.2. The van der Waals surface area contributed by atoms with E-state index in [0.29, 0.717) is 5.92 Å². The fourth-order valence-corrected chi connectivity index (χ4v) is 1.91. The van der Waals surface area contributed by atoms with Crippen molar-refractivity contribution in [1.29, 1.82) is 0 Å². The van der Waals surface area contributed by atoms with Gasteiger partial charge >= 0.3 is 0 Å². The van der Waals surface area contributed by atoms with Gasteiger partial charge in [0, 0.05) is 13.1 Å². The van der Waals surface area contributed by atoms with Gasteiger partial charge in [-0.15, -0.1) is 0 Å². The van der Waals surface area contributed by atoms with Gasteiger partial charge in [0.1, 0.15) is 0 Å². The first-order valence-electron chi connectivity index (χ1n) is 4.76. The highest BCUT2D eigenvalue weighted by molar-refractivity contribution is 5.49. The van der Waals surface area contributed by atoms with E-state index in [1.165, 1.54) is 12.1 Å². The maximum absolute atomic E-state index is 5.64. The quantitative estimate of drug-likeness (QED) is 0.697. The number of anilines is 1. The number of hydrogen-bond donors (Lipinski definition) is 2. The van der Waals surface area contributed by atoms with Crippen molar-refractivity contribution in [3.8, 4) is 0 Å². The molecule has 1 atom stereocenters. The lowest BCUT2D eigenvalue weighted by Gasteiger charge is -2.16. The topological polar surface area (TPSA) is 57.9 Å². The number of aromatic nitrogens is 2. The number of rotatable bonds is 2. The summed E-state index contributed by atoms with van der Waals surface area (Å²) in [6.07, 6.45) is 3.11. The van der Waals surface area contributed by atoms with Crippen molar-refractivity contribution in [2.45, 2.75) is 13.3 Å². The summed E-state index contributed by atoms with van der Waals surface area (Å²) in [5, 5.41) is 6.97. The van der Waals surface area contributed by atoms with Crippen LogP contribution >= 0.6 is 0 Å². The van der Waals surface area contributed by atoms with Gasteiger partial charge < -0.3 is 10.6 Å². The summed E-state index contributed by atoms with van der Waals surface area (Å²) in [7, 11) is 0. The van der Waals surface area contributed by atoms with Crippen LogP contribution in [0, 0.1) is 12.8 Å². The molecule has 1 aliphatic rings. The van der Waals surface area contributed by atoms with Crippen LogP contribution in [0.4, 0.5) is 5.69 Å². The van der Waals surface area contributed by atoms with Crippen LogP contribution in [-0.2, 0) is 0 Å². The summed E-state index contributed by atoms with van der Waals surface area (Å²) in [6, 6.07) is 0. The molecule has 1 aromatic heterocycles. The van der Waals surface area contributed by atoms with Crippen molar-refractivity contribution < 1.29 is 0 Å². The monoisotopic (exact) mass is 180 g/mol. The Balaban J connectivity index is 2.08. The molecule has 72 valence electrons. The van der Waals surface area contributed by atoms with Crippen molar-refractivity contribution >= 4 is 5.69 Å². The molecule has 2 heterocycles. The molecular formula is C9H16N4. The van der Waals surface area contributed by atoms with Crippen LogP contribution in [0.25, 0.3) is 0 Å². The molecule has 0 aliphatic carbocycles. The number of nitrogens with zero attached hydrogens (tertiary/aromatic N) is 2. The zero-order valence-electron chi connectivity index (χ0n) is 7.95. The van der Waals surface area contributed by atoms with Crippen molar-refractivity contribution in [2.75, 3.05) is 24.5 Å². The standard InChI is InChI=1S/C9H16N4/c1-7-9(5-11-12-7)13-3-2-8(4-10)6-13/h5,8H,2-4,6,10H2,1H3,(H,11,12). The molecule has 0 spiro atoms. The Morgan fingerprint density at radius 1 is 1.77 bits per heavy atom. The Hall–Kier alpha value is -1.03. The zero-order valence-corrected chi connectivity index (χ0v) is 7.95. The van der Waals surface area contributed by atoms with Gasteiger partial charge in [0.15, 0.2) is 0 Å². The molecule has 1 fully saturated rings. The number of hydrogen-bond acceptors (Lipinski definition) is 3. The van der Waals surface area contributed by atoms with E-state index in [-0.39, 0.29) is 0 Å². The van der Waals surface area contributed by atoms with E-state index in [0.717, 1.165) is 25.3 Å². The van der Waals surface area contributed by atoms with Crippen molar-refractivity contribution in [1.82, 2.24) is 10.2 Å². The molecule has 13 heavy (non-hydrogen) atoms. The number of aromatic amines is 1. The lowest BCUT2D eigenvalue weighted by Crippen LogP contribution is -2.22. The van der Waals surface area contributed by atoms with Gasteiger partial charge in [-0.1, -0.05) is 0 Å². The third kappa shape index (κ3) is 1.54. The van der Waals surface area contributed by atoms with Crippen LogP contribution in [0.5, 0.6) is 0 Å². The summed E-state index contributed by atoms with van der Waals surface area (Å²) in [5.41, 5.74) is 8.02. The number of nitrogens with two attached hydrogens (primary N) is 1. The van der Waals surface area contributed by atoms with E-state index in [1.54, 1.807) is 0 Å². The maximum Gasteiger partial charge on any atom is 0.0779 e. The lowest BCUT2D eigenvalue weighted by atomic mass is 10.1. The minimum Gasteiger partial charge on any atom is -0.368 e. The molecule has 0 aromatic carbocycles. The summed E-state index contributed by atoms with van der Waals surface area (Å²) < 4.78 is 0. The number of aryl methyl sites for hydroxylation is 1. The highest BCUT2D eigenvalue weighted by Crippen LogP contribution is 2.24. The second kappa shape index (κ2) is 3.38. The van der Waals surface area contributed by atoms with Crippen molar-refractivity contribution in [3.05, 3.63) is 11.9 Å². The van der Waals surface area contributed by atoms with E-state index in [4.69, 9.17) is 5.73 Å². The molecule has 0 amide bonds. The van der Waals surface area contributed by atoms with E-state index in [1.807, 2.05) is 6.20 Å². The van der Waals surface area contributed by atoms with Crippen LogP contribution in [0.1, 0.15) is 12.1 Å². The largest absolute Gasteiger partial charge is 0.368 e. The molecule has 1 saturated heterocycles. The van der Waals surface area contributed by atoms with Crippen LogP contribution in [0.15, 0.2) is 6.20 Å². The van der Waals surface area contributed by atoms with E-state index < -0.39 is 0 Å². The highest BCUT2D eigenvalue weighted by Gasteiger charge is 2.22. The van der Waals surface area contributed by atoms with E-state index in [2.05, 4.69) is 22.0 Å². The Morgan fingerprint density at radius 3 is 3.15 bits per heavy atom. The fraction of sp³-hybridized carbons (Fsp3) is 0.667. The Labute approximate surface area is 78.1 Å². The Kier molecular flexibility index (Phi) is 2.22. The fourth-order valence-electron chi connectivity index (χ4n) is 1.91. The Morgan fingerprint density at radius 2 is 2.62 bits per heavy atom. The predicted octanol–water partition coefficient (Wildman–Crippen LogP) is 0.503. The normalized spacial score (nSPS) is 22.6. The average Bonchev–Trinajstić information content (AvgIpc) is 2.71. The van der Waals surface area contributed by atoms with E-state index >= 15 is 0 Å². The predicted molar refractivity (Wildman–Crippen MR) is 52.7 cm³/mol. The first-order chi connectivity index (χ1) is 6.31. The van der Waals surface area contributed by atoms with Gasteiger partial charge in [0.25, 0.3) is 0 Å². The molecule has 1 aliphatic heterocycles. The molecule has 1 aromatic rings. The molecule has 1 unspecified atom stereocenters. The minimum absolute atomic E-state index is 0.661. The molecule has 0 radical (unpaired) electrons. The summed E-state index contributed by atoms with van der Waals surface area (Å²) >= 11 is 0. The second-order valence-corrected chi connectivity index (χ2v) is 3.72. The summed E-state index contributed by atoms with van der Waals surface area (Å²) in [6.45, 7) is 5.05. The molecule has 2 rings (SSSR count). The van der Waals surface area contributed by atoms with E-state index in [9.17, 15) is 0 Å². The van der Waals surface area contributed by atoms with Crippen LogP contribution < -0.4 is 10.6 Å². The molecule has 3 N–H and O–H groups in total. The molecule has 4 heteroatoms. The van der Waals surface area contributed by atoms with Crippen LogP contribution in [0.3, 0.4) is 0 Å². The van der Waals surface area contributed by atoms with Gasteiger partial charge in [0.2, 0.25) is 0 Å². The Bertz CT molecular complexity index is 281. The number of H-pyrrole nitrogens is 1. The van der Waals surface area contributed by atoms with Gasteiger partial charge in [-0.2, -0.15) is 5.10 Å². The third-order valence-electron chi connectivity index (χ3n) is 2.76. The SMILES string of the molecule is Cc1[nH]ncc1N1CCC(CN)C1. The van der Waals surface area contributed by atoms with Crippen LogP contribution in [-0.4, -0.2) is 29.8 Å². The minimum atomic E-state index is 0.661. The van der Waals surface area contributed by atoms with Crippen molar-refractivity contribution in [2.24, 2.45) is 11.7 Å². The molecular weight excluding hydrogens is 164 g/mol. The van der Waals surface area contributed by atoms with Gasteiger partial charge in [-0.05, 0) is 25.8 Å². The van der Waals surface area contributed by atoms with Crippen molar-refractivity contribution in [3.63, 3.8) is 0 Å². The molecule has 0 saturated carbocycles. The number of nitrogens with one attached hydrogen (secondary N) is 1. The van der Waals surface area contributed by atoms with Gasteiger partial charge in [-0.3, -0.25) is 5.10 Å². The van der Waals surface area contributed by atoms with Gasteiger partial charge in [0.05, 0.1) is 17.6 Å². The summed E-state index contributed by atoms with van der Waals surface area (Å²) in [4.78, 5) is 2.36. The second-order valence-electron chi connectivity index (χ2n) is 3.72. The third-order valence-corrected chi connectivity index (χ3v) is 2.76. The maximum atomic E-state index is 5.64. The van der Waals surface area contributed by atoms with Gasteiger partial charge in [-0.25, -0.2) is 0 Å². The molecule has 0 bridgehead atoms. The zero-order chi connectivity index (χ0) is 9.26. The smallest absolute Gasteiger partial charge is 0.0779 e. The lowest BCUT2D eigenvalue weighted by molar-refractivity contribution is 0.602. The first kappa shape index (κ1) is 8.56. The first-order valence-corrected chi connectivity index (χ1v) is 4.76. The summed E-state index contributed by atoms with van der Waals surface area (Å²) in [5.74, 6) is 0.661. The van der Waals surface area contributed by atoms with Crippen LogP contribution in [0.2, 0.25) is 0 Å². The molecule has 4 nitrogen and oxygen atoms in total. The average molecular weight is 180 g/mol.